The predicted octanol–water partition coefficient (Wildman–Crippen LogP) is 2.08. The van der Waals surface area contributed by atoms with E-state index < -0.39 is 17.9 Å². The highest BCUT2D eigenvalue weighted by Gasteiger charge is 2.19. The Kier molecular flexibility index (Phi) is 4.85. The second-order valence-electron chi connectivity index (χ2n) is 4.23. The van der Waals surface area contributed by atoms with Gasteiger partial charge in [0.05, 0.1) is 0 Å². The molecule has 0 fully saturated rings. The Morgan fingerprint density at radius 3 is 1.65 bits per heavy atom. The highest BCUT2D eigenvalue weighted by atomic mass is 16.6. The first-order valence-electron chi connectivity index (χ1n) is 5.91. The molecule has 108 valence electrons. The number of esters is 3. The molecule has 0 aliphatic heterocycles. The van der Waals surface area contributed by atoms with Crippen molar-refractivity contribution >= 4 is 17.9 Å². The lowest BCUT2D eigenvalue weighted by Crippen LogP contribution is -2.11. The monoisotopic (exact) mass is 280 g/mol. The zero-order chi connectivity index (χ0) is 15.4. The average molecular weight is 280 g/mol. The summed E-state index contributed by atoms with van der Waals surface area (Å²) in [6.07, 6.45) is 0. The zero-order valence-corrected chi connectivity index (χ0v) is 12.0. The van der Waals surface area contributed by atoms with Crippen LogP contribution in [0.1, 0.15) is 31.9 Å². The summed E-state index contributed by atoms with van der Waals surface area (Å²) in [7, 11) is 0. The minimum Gasteiger partial charge on any atom is -0.426 e. The minimum atomic E-state index is -0.574. The maximum absolute atomic E-state index is 11.1. The zero-order valence-electron chi connectivity index (χ0n) is 12.0. The van der Waals surface area contributed by atoms with Crippen molar-refractivity contribution in [2.24, 2.45) is 0 Å². The molecule has 1 aromatic carbocycles. The molecular formula is C14H16O6. The van der Waals surface area contributed by atoms with Crippen LogP contribution in [-0.2, 0) is 14.4 Å². The van der Waals surface area contributed by atoms with Crippen molar-refractivity contribution < 1.29 is 28.6 Å². The van der Waals surface area contributed by atoms with Crippen molar-refractivity contribution in [2.45, 2.75) is 34.6 Å². The third kappa shape index (κ3) is 3.81. The minimum absolute atomic E-state index is 0.0343. The van der Waals surface area contributed by atoms with Crippen LogP contribution in [0.2, 0.25) is 0 Å². The SMILES string of the molecule is CC(=O)Oc1cc(OC(C)=O)c(OC(C)=O)c(C)c1C. The number of rotatable bonds is 3. The number of benzene rings is 1. The van der Waals surface area contributed by atoms with Gasteiger partial charge in [0.2, 0.25) is 0 Å². The highest BCUT2D eigenvalue weighted by Crippen LogP contribution is 2.39. The summed E-state index contributed by atoms with van der Waals surface area (Å²) < 4.78 is 15.1. The molecule has 0 N–H and O–H groups in total. The molecule has 0 aliphatic rings. The average Bonchev–Trinajstić information content (AvgIpc) is 2.29. The van der Waals surface area contributed by atoms with Crippen molar-refractivity contribution in [3.05, 3.63) is 17.2 Å². The van der Waals surface area contributed by atoms with Crippen molar-refractivity contribution in [3.63, 3.8) is 0 Å². The molecule has 6 nitrogen and oxygen atoms in total. The van der Waals surface area contributed by atoms with Crippen molar-refractivity contribution in [3.8, 4) is 17.2 Å². The van der Waals surface area contributed by atoms with Gasteiger partial charge in [0.1, 0.15) is 5.75 Å². The summed E-state index contributed by atoms with van der Waals surface area (Å²) in [5, 5.41) is 0. The Hall–Kier alpha value is -2.37. The van der Waals surface area contributed by atoms with E-state index in [1.807, 2.05) is 0 Å². The van der Waals surface area contributed by atoms with Crippen LogP contribution >= 0.6 is 0 Å². The Bertz CT molecular complexity index is 574. The lowest BCUT2D eigenvalue weighted by atomic mass is 10.1. The number of ether oxygens (including phenoxy) is 3. The van der Waals surface area contributed by atoms with Gasteiger partial charge in [0, 0.05) is 32.4 Å². The second-order valence-corrected chi connectivity index (χ2v) is 4.23. The van der Waals surface area contributed by atoms with E-state index in [2.05, 4.69) is 0 Å². The lowest BCUT2D eigenvalue weighted by molar-refractivity contribution is -0.134. The van der Waals surface area contributed by atoms with Gasteiger partial charge in [-0.2, -0.15) is 0 Å². The number of hydrogen-bond acceptors (Lipinski definition) is 6. The molecule has 0 radical (unpaired) electrons. The molecular weight excluding hydrogens is 264 g/mol. The molecule has 0 saturated heterocycles. The van der Waals surface area contributed by atoms with Gasteiger partial charge in [0.15, 0.2) is 11.5 Å². The van der Waals surface area contributed by atoms with Crippen LogP contribution < -0.4 is 14.2 Å². The fraction of sp³-hybridized carbons (Fsp3) is 0.357. The van der Waals surface area contributed by atoms with Crippen molar-refractivity contribution in [1.82, 2.24) is 0 Å². The first-order chi connectivity index (χ1) is 9.22. The molecule has 1 rings (SSSR count). The predicted molar refractivity (Wildman–Crippen MR) is 69.8 cm³/mol. The van der Waals surface area contributed by atoms with Gasteiger partial charge in [0.25, 0.3) is 0 Å². The Morgan fingerprint density at radius 1 is 0.750 bits per heavy atom. The lowest BCUT2D eigenvalue weighted by Gasteiger charge is -2.16. The van der Waals surface area contributed by atoms with Gasteiger partial charge >= 0.3 is 17.9 Å². The molecule has 20 heavy (non-hydrogen) atoms. The summed E-state index contributed by atoms with van der Waals surface area (Å²) in [5.41, 5.74) is 1.17. The normalized spacial score (nSPS) is 9.85. The van der Waals surface area contributed by atoms with Gasteiger partial charge in [-0.25, -0.2) is 0 Å². The van der Waals surface area contributed by atoms with Crippen molar-refractivity contribution in [2.75, 3.05) is 0 Å². The summed E-state index contributed by atoms with van der Waals surface area (Å²) in [5.74, 6) is -1.19. The first kappa shape index (κ1) is 15.7. The molecule has 0 amide bonds. The molecule has 0 spiro atoms. The smallest absolute Gasteiger partial charge is 0.308 e. The topological polar surface area (TPSA) is 78.9 Å². The fourth-order valence-corrected chi connectivity index (χ4v) is 1.59. The van der Waals surface area contributed by atoms with Crippen LogP contribution in [0.3, 0.4) is 0 Å². The van der Waals surface area contributed by atoms with E-state index in [-0.39, 0.29) is 17.2 Å². The van der Waals surface area contributed by atoms with Gasteiger partial charge in [-0.3, -0.25) is 14.4 Å². The van der Waals surface area contributed by atoms with Gasteiger partial charge in [-0.05, 0) is 19.4 Å². The maximum atomic E-state index is 11.1. The molecule has 1 aromatic rings. The van der Waals surface area contributed by atoms with Crippen LogP contribution in [0.4, 0.5) is 0 Å². The maximum Gasteiger partial charge on any atom is 0.308 e. The van der Waals surface area contributed by atoms with E-state index in [9.17, 15) is 14.4 Å². The van der Waals surface area contributed by atoms with Crippen molar-refractivity contribution in [1.29, 1.82) is 0 Å². The van der Waals surface area contributed by atoms with E-state index in [1.54, 1.807) is 13.8 Å². The Morgan fingerprint density at radius 2 is 1.20 bits per heavy atom. The molecule has 0 saturated carbocycles. The van der Waals surface area contributed by atoms with Crippen LogP contribution in [0.15, 0.2) is 6.07 Å². The quantitative estimate of drug-likeness (QED) is 0.623. The van der Waals surface area contributed by atoms with Crippen LogP contribution in [0.5, 0.6) is 17.2 Å². The highest BCUT2D eigenvalue weighted by molar-refractivity contribution is 5.77. The number of hydrogen-bond donors (Lipinski definition) is 0. The summed E-state index contributed by atoms with van der Waals surface area (Å²) >= 11 is 0. The van der Waals surface area contributed by atoms with E-state index >= 15 is 0 Å². The standard InChI is InChI=1S/C14H16O6/c1-7-8(2)14(20-11(5)17)13(19-10(4)16)6-12(7)18-9(3)15/h6H,1-5H3. The fourth-order valence-electron chi connectivity index (χ4n) is 1.59. The molecule has 0 unspecified atom stereocenters. The third-order valence-corrected chi connectivity index (χ3v) is 2.51. The van der Waals surface area contributed by atoms with Crippen LogP contribution in [0.25, 0.3) is 0 Å². The number of carbonyl (C=O) groups is 3. The molecule has 6 heteroatoms. The van der Waals surface area contributed by atoms with E-state index in [1.165, 1.54) is 26.8 Å². The molecule has 0 atom stereocenters. The van der Waals surface area contributed by atoms with Crippen LogP contribution in [0, 0.1) is 13.8 Å². The molecule has 0 heterocycles. The number of carbonyl (C=O) groups excluding carboxylic acids is 3. The molecule has 0 bridgehead atoms. The second kappa shape index (κ2) is 6.18. The summed E-state index contributed by atoms with van der Waals surface area (Å²) in [6.45, 7) is 7.11. The van der Waals surface area contributed by atoms with E-state index in [4.69, 9.17) is 14.2 Å². The van der Waals surface area contributed by atoms with Crippen LogP contribution in [-0.4, -0.2) is 17.9 Å². The van der Waals surface area contributed by atoms with E-state index in [0.717, 1.165) is 0 Å². The molecule has 0 aromatic heterocycles. The Balaban J connectivity index is 3.41. The Labute approximate surface area is 116 Å². The summed E-state index contributed by atoms with van der Waals surface area (Å²) in [6, 6.07) is 1.35. The van der Waals surface area contributed by atoms with Gasteiger partial charge in [-0.1, -0.05) is 0 Å². The molecule has 0 aliphatic carbocycles. The first-order valence-corrected chi connectivity index (χ1v) is 5.91. The largest absolute Gasteiger partial charge is 0.426 e. The summed E-state index contributed by atoms with van der Waals surface area (Å²) in [4.78, 5) is 33.3. The van der Waals surface area contributed by atoms with E-state index in [0.29, 0.717) is 11.1 Å². The van der Waals surface area contributed by atoms with Gasteiger partial charge in [-0.15, -0.1) is 0 Å². The third-order valence-electron chi connectivity index (χ3n) is 2.51. The van der Waals surface area contributed by atoms with Gasteiger partial charge < -0.3 is 14.2 Å².